The Morgan fingerprint density at radius 3 is 2.73 bits per heavy atom. The first-order chi connectivity index (χ1) is 10.6. The van der Waals surface area contributed by atoms with E-state index in [1.165, 1.54) is 25.0 Å². The van der Waals surface area contributed by atoms with Crippen LogP contribution >= 0.6 is 0 Å². The van der Waals surface area contributed by atoms with Crippen LogP contribution in [0.2, 0.25) is 0 Å². The Hall–Kier alpha value is -2.17. The summed E-state index contributed by atoms with van der Waals surface area (Å²) in [6.45, 7) is 3.14. The SMILES string of the molecule is CC(C(=O)N(Cc1ccc(F)cc1)CC1CC1)n1cccn1. The van der Waals surface area contributed by atoms with Crippen LogP contribution in [-0.2, 0) is 11.3 Å². The Morgan fingerprint density at radius 1 is 1.41 bits per heavy atom. The molecule has 0 bridgehead atoms. The number of carbonyl (C=O) groups is 1. The molecule has 22 heavy (non-hydrogen) atoms. The van der Waals surface area contributed by atoms with Crippen molar-refractivity contribution in [3.05, 3.63) is 54.1 Å². The van der Waals surface area contributed by atoms with Crippen LogP contribution in [0.25, 0.3) is 0 Å². The van der Waals surface area contributed by atoms with E-state index in [0.717, 1.165) is 12.1 Å². The Bertz CT molecular complexity index is 620. The third-order valence-electron chi connectivity index (χ3n) is 4.05. The van der Waals surface area contributed by atoms with Crippen molar-refractivity contribution in [1.82, 2.24) is 14.7 Å². The van der Waals surface area contributed by atoms with E-state index in [-0.39, 0.29) is 17.8 Å². The van der Waals surface area contributed by atoms with Crippen molar-refractivity contribution < 1.29 is 9.18 Å². The van der Waals surface area contributed by atoms with Crippen molar-refractivity contribution in [3.8, 4) is 0 Å². The number of rotatable bonds is 6. The number of benzene rings is 1. The average molecular weight is 301 g/mol. The summed E-state index contributed by atoms with van der Waals surface area (Å²) in [5.74, 6) is 0.405. The molecule has 1 aliphatic carbocycles. The number of hydrogen-bond acceptors (Lipinski definition) is 2. The van der Waals surface area contributed by atoms with Gasteiger partial charge in [0, 0.05) is 25.5 Å². The fourth-order valence-electron chi connectivity index (χ4n) is 2.54. The maximum absolute atomic E-state index is 13.0. The first-order valence-electron chi connectivity index (χ1n) is 7.66. The lowest BCUT2D eigenvalue weighted by Gasteiger charge is -2.26. The van der Waals surface area contributed by atoms with Gasteiger partial charge in [-0.15, -0.1) is 0 Å². The number of halogens is 1. The first-order valence-corrected chi connectivity index (χ1v) is 7.66. The van der Waals surface area contributed by atoms with E-state index in [2.05, 4.69) is 5.10 Å². The van der Waals surface area contributed by atoms with Gasteiger partial charge in [0.05, 0.1) is 0 Å². The number of nitrogens with zero attached hydrogens (tertiary/aromatic N) is 3. The third-order valence-corrected chi connectivity index (χ3v) is 4.05. The van der Waals surface area contributed by atoms with Crippen molar-refractivity contribution in [2.75, 3.05) is 6.54 Å². The summed E-state index contributed by atoms with van der Waals surface area (Å²) in [5, 5.41) is 4.15. The Balaban J connectivity index is 1.73. The number of carbonyl (C=O) groups excluding carboxylic acids is 1. The van der Waals surface area contributed by atoms with Crippen molar-refractivity contribution in [3.63, 3.8) is 0 Å². The fraction of sp³-hybridized carbons (Fsp3) is 0.412. The number of amides is 1. The van der Waals surface area contributed by atoms with Crippen LogP contribution < -0.4 is 0 Å². The van der Waals surface area contributed by atoms with Crippen molar-refractivity contribution in [2.24, 2.45) is 5.92 Å². The second-order valence-corrected chi connectivity index (χ2v) is 5.95. The molecule has 1 aliphatic rings. The van der Waals surface area contributed by atoms with Crippen LogP contribution in [0.1, 0.15) is 31.4 Å². The molecular formula is C17H20FN3O. The van der Waals surface area contributed by atoms with Crippen LogP contribution in [0.15, 0.2) is 42.7 Å². The average Bonchev–Trinajstić information content (AvgIpc) is 3.17. The summed E-state index contributed by atoms with van der Waals surface area (Å²) in [6.07, 6.45) is 5.84. The van der Waals surface area contributed by atoms with Gasteiger partial charge in [0.2, 0.25) is 5.91 Å². The highest BCUT2D eigenvalue weighted by molar-refractivity contribution is 5.80. The minimum atomic E-state index is -0.325. The first kappa shape index (κ1) is 14.8. The molecule has 1 fully saturated rings. The van der Waals surface area contributed by atoms with Gasteiger partial charge in [0.1, 0.15) is 11.9 Å². The normalized spacial score (nSPS) is 15.5. The molecule has 3 rings (SSSR count). The van der Waals surface area contributed by atoms with E-state index in [1.54, 1.807) is 29.2 Å². The summed E-state index contributed by atoms with van der Waals surface area (Å²) in [5.41, 5.74) is 0.947. The van der Waals surface area contributed by atoms with Gasteiger partial charge in [0.15, 0.2) is 0 Å². The molecule has 5 heteroatoms. The zero-order valence-electron chi connectivity index (χ0n) is 12.7. The number of hydrogen-bond donors (Lipinski definition) is 0. The molecule has 0 spiro atoms. The van der Waals surface area contributed by atoms with E-state index in [9.17, 15) is 9.18 Å². The van der Waals surface area contributed by atoms with Crippen LogP contribution in [0.4, 0.5) is 4.39 Å². The molecule has 1 saturated carbocycles. The summed E-state index contributed by atoms with van der Waals surface area (Å²) in [6, 6.07) is 7.84. The fourth-order valence-corrected chi connectivity index (χ4v) is 2.54. The predicted octanol–water partition coefficient (Wildman–Crippen LogP) is 3.02. The lowest BCUT2D eigenvalue weighted by atomic mass is 10.1. The molecule has 0 N–H and O–H groups in total. The second-order valence-electron chi connectivity index (χ2n) is 5.95. The van der Waals surface area contributed by atoms with E-state index >= 15 is 0 Å². The lowest BCUT2D eigenvalue weighted by molar-refractivity contribution is -0.135. The summed E-state index contributed by atoms with van der Waals surface area (Å²) in [4.78, 5) is 14.6. The van der Waals surface area contributed by atoms with Gasteiger partial charge >= 0.3 is 0 Å². The van der Waals surface area contributed by atoms with Gasteiger partial charge in [-0.3, -0.25) is 9.48 Å². The predicted molar refractivity (Wildman–Crippen MR) is 81.5 cm³/mol. The number of aromatic nitrogens is 2. The van der Waals surface area contributed by atoms with Crippen LogP contribution in [0.3, 0.4) is 0 Å². The molecule has 1 aromatic heterocycles. The lowest BCUT2D eigenvalue weighted by Crippen LogP contribution is -2.37. The van der Waals surface area contributed by atoms with Gasteiger partial charge in [-0.25, -0.2) is 4.39 Å². The van der Waals surface area contributed by atoms with Crippen molar-refractivity contribution in [2.45, 2.75) is 32.4 Å². The zero-order valence-corrected chi connectivity index (χ0v) is 12.7. The standard InChI is InChI=1S/C17H20FN3O/c1-13(21-10-2-9-19-21)17(22)20(11-14-3-4-14)12-15-5-7-16(18)8-6-15/h2,5-10,13-14H,3-4,11-12H2,1H3. The van der Waals surface area contributed by atoms with Gasteiger partial charge in [-0.1, -0.05) is 12.1 Å². The van der Waals surface area contributed by atoms with Gasteiger partial charge in [-0.2, -0.15) is 5.10 Å². The molecule has 1 atom stereocenters. The van der Waals surface area contributed by atoms with E-state index in [4.69, 9.17) is 0 Å². The highest BCUT2D eigenvalue weighted by atomic mass is 19.1. The molecule has 1 unspecified atom stereocenters. The molecule has 1 aromatic carbocycles. The molecule has 4 nitrogen and oxygen atoms in total. The second kappa shape index (κ2) is 6.30. The topological polar surface area (TPSA) is 38.1 Å². The van der Waals surface area contributed by atoms with Gasteiger partial charge in [0.25, 0.3) is 0 Å². The van der Waals surface area contributed by atoms with Crippen molar-refractivity contribution in [1.29, 1.82) is 0 Å². The highest BCUT2D eigenvalue weighted by Crippen LogP contribution is 2.31. The summed E-state index contributed by atoms with van der Waals surface area (Å²) >= 11 is 0. The molecule has 0 radical (unpaired) electrons. The van der Waals surface area contributed by atoms with E-state index in [0.29, 0.717) is 12.5 Å². The monoisotopic (exact) mass is 301 g/mol. The van der Waals surface area contributed by atoms with E-state index in [1.807, 2.05) is 17.9 Å². The smallest absolute Gasteiger partial charge is 0.247 e. The molecular weight excluding hydrogens is 281 g/mol. The van der Waals surface area contributed by atoms with Crippen LogP contribution in [0.5, 0.6) is 0 Å². The molecule has 1 amide bonds. The van der Waals surface area contributed by atoms with E-state index < -0.39 is 0 Å². The quantitative estimate of drug-likeness (QED) is 0.822. The Labute approximate surface area is 129 Å². The van der Waals surface area contributed by atoms with Gasteiger partial charge < -0.3 is 4.90 Å². The molecule has 2 aromatic rings. The Kier molecular flexibility index (Phi) is 4.22. The molecule has 0 aliphatic heterocycles. The summed E-state index contributed by atoms with van der Waals surface area (Å²) in [7, 11) is 0. The third kappa shape index (κ3) is 3.53. The molecule has 0 saturated heterocycles. The largest absolute Gasteiger partial charge is 0.336 e. The maximum Gasteiger partial charge on any atom is 0.247 e. The highest BCUT2D eigenvalue weighted by Gasteiger charge is 2.29. The summed E-state index contributed by atoms with van der Waals surface area (Å²) < 4.78 is 14.7. The van der Waals surface area contributed by atoms with Crippen LogP contribution in [-0.4, -0.2) is 27.1 Å². The maximum atomic E-state index is 13.0. The molecule has 1 heterocycles. The molecule has 116 valence electrons. The van der Waals surface area contributed by atoms with Gasteiger partial charge in [-0.05, 0) is 49.4 Å². The van der Waals surface area contributed by atoms with Crippen molar-refractivity contribution >= 4 is 5.91 Å². The van der Waals surface area contributed by atoms with Crippen LogP contribution in [0, 0.1) is 11.7 Å². The zero-order chi connectivity index (χ0) is 15.5. The minimum absolute atomic E-state index is 0.0555. The Morgan fingerprint density at radius 2 is 2.14 bits per heavy atom. The minimum Gasteiger partial charge on any atom is -0.336 e.